The molecule has 0 aliphatic heterocycles. The largest absolute Gasteiger partial charge is 0.374 e. The molecule has 0 spiro atoms. The Balaban J connectivity index is 1.63. The summed E-state index contributed by atoms with van der Waals surface area (Å²) in [5.74, 6) is 0. The van der Waals surface area contributed by atoms with Crippen molar-refractivity contribution in [2.24, 2.45) is 10.2 Å². The second-order valence-electron chi connectivity index (χ2n) is 15.9. The summed E-state index contributed by atoms with van der Waals surface area (Å²) in [6.07, 6.45) is 3.94. The van der Waals surface area contributed by atoms with E-state index in [1.807, 2.05) is 102 Å². The lowest BCUT2D eigenvalue weighted by Crippen LogP contribution is -2.35. The molecule has 1 aromatic heterocycles. The maximum atomic E-state index is 13.8. The molecule has 1 heterocycles. The van der Waals surface area contributed by atoms with Crippen LogP contribution in [0.1, 0.15) is 88.6 Å². The van der Waals surface area contributed by atoms with Gasteiger partial charge in [0.1, 0.15) is 0 Å². The van der Waals surface area contributed by atoms with Crippen LogP contribution < -0.4 is 14.8 Å². The third-order valence-electron chi connectivity index (χ3n) is 6.57. The average molecular weight is 682 g/mol. The van der Waals surface area contributed by atoms with Crippen LogP contribution in [0.5, 0.6) is 0 Å². The van der Waals surface area contributed by atoms with E-state index in [0.29, 0.717) is 25.1 Å². The molecule has 3 rings (SSSR count). The molecular formula is C38H58N4O5P+. The fraction of sp³-hybridized carbons (Fsp3) is 0.553. The van der Waals surface area contributed by atoms with E-state index in [4.69, 9.17) is 18.5 Å². The summed E-state index contributed by atoms with van der Waals surface area (Å²) in [6.45, 7) is 27.1. The number of rotatable bonds is 14. The summed E-state index contributed by atoms with van der Waals surface area (Å²) in [5.41, 5.74) is 2.06. The first-order valence-corrected chi connectivity index (χ1v) is 18.3. The highest BCUT2D eigenvalue weighted by molar-refractivity contribution is 7.62. The standard InChI is InChI=1S/C38H58N4O5P/c1-35(2,3)44-27-25-42(26-28-45-36(4,5)6)33-17-15-31(16-18-33)39-40-32-21-23-41(24-22-32)29-30-13-19-34(20-14-30)48(43,46-37(7,8)9)47-38(10,11)12/h13-24H,25-29H2,1-12H3/q+1. The molecule has 2 aromatic carbocycles. The predicted octanol–water partition coefficient (Wildman–Crippen LogP) is 9.32. The molecule has 0 saturated carbocycles. The van der Waals surface area contributed by atoms with Crippen LogP contribution in [0.4, 0.5) is 17.1 Å². The monoisotopic (exact) mass is 681 g/mol. The van der Waals surface area contributed by atoms with E-state index >= 15 is 0 Å². The van der Waals surface area contributed by atoms with Gasteiger partial charge in [-0.3, -0.25) is 13.6 Å². The van der Waals surface area contributed by atoms with Gasteiger partial charge in [-0.1, -0.05) is 12.1 Å². The minimum atomic E-state index is -3.53. The van der Waals surface area contributed by atoms with Gasteiger partial charge in [-0.05, 0) is 119 Å². The van der Waals surface area contributed by atoms with Gasteiger partial charge in [0.15, 0.2) is 18.9 Å². The van der Waals surface area contributed by atoms with Crippen molar-refractivity contribution in [2.75, 3.05) is 31.2 Å². The Morgan fingerprint density at radius 3 is 1.46 bits per heavy atom. The summed E-state index contributed by atoms with van der Waals surface area (Å²) < 4.78 is 39.8. The van der Waals surface area contributed by atoms with Gasteiger partial charge >= 0.3 is 7.60 Å². The summed E-state index contributed by atoms with van der Waals surface area (Å²) in [4.78, 5) is 2.28. The Labute approximate surface area is 289 Å². The van der Waals surface area contributed by atoms with E-state index in [1.54, 1.807) is 0 Å². The minimum Gasteiger partial charge on any atom is -0.374 e. The molecule has 0 fully saturated rings. The topological polar surface area (TPSA) is 85.8 Å². The van der Waals surface area contributed by atoms with Crippen LogP contribution in [0.15, 0.2) is 83.3 Å². The molecule has 48 heavy (non-hydrogen) atoms. The molecule has 0 radical (unpaired) electrons. The molecule has 0 amide bonds. The molecule has 3 aromatic rings. The Morgan fingerprint density at radius 2 is 1.04 bits per heavy atom. The molecule has 0 saturated heterocycles. The third kappa shape index (κ3) is 14.7. The van der Waals surface area contributed by atoms with Gasteiger partial charge in [0.2, 0.25) is 0 Å². The number of hydrogen-bond donors (Lipinski definition) is 0. The highest BCUT2D eigenvalue weighted by Crippen LogP contribution is 2.53. The van der Waals surface area contributed by atoms with E-state index < -0.39 is 18.8 Å². The van der Waals surface area contributed by atoms with E-state index in [2.05, 4.69) is 73.4 Å². The van der Waals surface area contributed by atoms with Crippen molar-refractivity contribution in [1.82, 2.24) is 0 Å². The lowest BCUT2D eigenvalue weighted by Gasteiger charge is -2.32. The van der Waals surface area contributed by atoms with E-state index in [9.17, 15) is 4.57 Å². The van der Waals surface area contributed by atoms with Crippen LogP contribution >= 0.6 is 7.60 Å². The molecule has 0 bridgehead atoms. The van der Waals surface area contributed by atoms with Crippen molar-refractivity contribution in [1.29, 1.82) is 0 Å². The maximum absolute atomic E-state index is 13.8. The number of pyridine rings is 1. The van der Waals surface area contributed by atoms with Crippen LogP contribution in [-0.4, -0.2) is 48.7 Å². The van der Waals surface area contributed by atoms with Crippen LogP contribution in [0.25, 0.3) is 0 Å². The average Bonchev–Trinajstić information content (AvgIpc) is 2.93. The number of nitrogens with zero attached hydrogens (tertiary/aromatic N) is 4. The predicted molar refractivity (Wildman–Crippen MR) is 195 cm³/mol. The van der Waals surface area contributed by atoms with Gasteiger partial charge in [0, 0.05) is 36.5 Å². The number of azo groups is 1. The van der Waals surface area contributed by atoms with Crippen molar-refractivity contribution in [2.45, 2.75) is 112 Å². The SMILES string of the molecule is CC(C)(C)OCCN(CCOC(C)(C)C)c1ccc(N=Nc2cc[n+](Cc3ccc(P(=O)(OC(C)(C)C)OC(C)(C)C)cc3)cc2)cc1. The lowest BCUT2D eigenvalue weighted by atomic mass is 10.2. The Hall–Kier alpha value is -2.94. The van der Waals surface area contributed by atoms with Crippen molar-refractivity contribution >= 4 is 30.0 Å². The molecule has 264 valence electrons. The fourth-order valence-electron chi connectivity index (χ4n) is 4.60. The van der Waals surface area contributed by atoms with E-state index in [1.165, 1.54) is 0 Å². The van der Waals surface area contributed by atoms with Gasteiger partial charge in [0.05, 0.1) is 52.3 Å². The minimum absolute atomic E-state index is 0.184. The number of anilines is 1. The van der Waals surface area contributed by atoms with Gasteiger partial charge in [0.25, 0.3) is 0 Å². The molecule has 0 aliphatic rings. The molecular weight excluding hydrogens is 623 g/mol. The van der Waals surface area contributed by atoms with E-state index in [0.717, 1.165) is 35.7 Å². The first-order chi connectivity index (χ1) is 22.1. The Kier molecular flexibility index (Phi) is 13.3. The van der Waals surface area contributed by atoms with Crippen LogP contribution in [0, 0.1) is 0 Å². The second kappa shape index (κ2) is 16.2. The number of aromatic nitrogens is 1. The quantitative estimate of drug-likeness (QED) is 0.0958. The van der Waals surface area contributed by atoms with Gasteiger partial charge in [-0.15, -0.1) is 0 Å². The first-order valence-electron chi connectivity index (χ1n) is 16.7. The van der Waals surface area contributed by atoms with Crippen LogP contribution in [0.2, 0.25) is 0 Å². The number of hydrogen-bond acceptors (Lipinski definition) is 8. The van der Waals surface area contributed by atoms with Crippen LogP contribution in [-0.2, 0) is 29.6 Å². The lowest BCUT2D eigenvalue weighted by molar-refractivity contribution is -0.688. The zero-order valence-electron chi connectivity index (χ0n) is 31.2. The summed E-state index contributed by atoms with van der Waals surface area (Å²) in [7, 11) is -3.53. The highest BCUT2D eigenvalue weighted by atomic mass is 31.2. The van der Waals surface area contributed by atoms with Crippen molar-refractivity contribution < 1.29 is 27.7 Å². The highest BCUT2D eigenvalue weighted by Gasteiger charge is 2.37. The normalized spacial score (nSPS) is 13.3. The van der Waals surface area contributed by atoms with Gasteiger partial charge < -0.3 is 14.4 Å². The fourth-order valence-corrected chi connectivity index (χ4v) is 6.81. The third-order valence-corrected chi connectivity index (χ3v) is 9.07. The Morgan fingerprint density at radius 1 is 0.604 bits per heavy atom. The smallest absolute Gasteiger partial charge is 0.362 e. The van der Waals surface area contributed by atoms with Crippen molar-refractivity contribution in [3.63, 3.8) is 0 Å². The van der Waals surface area contributed by atoms with Gasteiger partial charge in [-0.2, -0.15) is 10.2 Å². The molecule has 0 unspecified atom stereocenters. The van der Waals surface area contributed by atoms with Crippen LogP contribution in [0.3, 0.4) is 0 Å². The molecule has 10 heteroatoms. The van der Waals surface area contributed by atoms with Crippen molar-refractivity contribution in [3.8, 4) is 0 Å². The number of benzene rings is 2. The maximum Gasteiger partial charge on any atom is 0.362 e. The summed E-state index contributed by atoms with van der Waals surface area (Å²) in [6, 6.07) is 19.5. The molecule has 0 atom stereocenters. The molecule has 9 nitrogen and oxygen atoms in total. The first kappa shape index (κ1) is 39.5. The van der Waals surface area contributed by atoms with Gasteiger partial charge in [-0.25, -0.2) is 4.57 Å². The molecule has 0 N–H and O–H groups in total. The van der Waals surface area contributed by atoms with E-state index in [-0.39, 0.29) is 11.2 Å². The second-order valence-corrected chi connectivity index (χ2v) is 17.8. The number of ether oxygens (including phenoxy) is 2. The zero-order chi connectivity index (χ0) is 35.8. The summed E-state index contributed by atoms with van der Waals surface area (Å²) in [5, 5.41) is 9.45. The zero-order valence-corrected chi connectivity index (χ0v) is 32.1. The van der Waals surface area contributed by atoms with Crippen molar-refractivity contribution in [3.05, 3.63) is 78.6 Å². The molecule has 0 aliphatic carbocycles. The Bertz CT molecular complexity index is 1460. The summed E-state index contributed by atoms with van der Waals surface area (Å²) >= 11 is 0.